The number of nitrogens with one attached hydrogen (secondary N) is 1. The largest absolute Gasteiger partial charge is 0.478 e. The molecule has 1 unspecified atom stereocenters. The third-order valence-electron chi connectivity index (χ3n) is 2.64. The van der Waals surface area contributed by atoms with Crippen LogP contribution in [0.25, 0.3) is 0 Å². The zero-order valence-electron chi connectivity index (χ0n) is 9.66. The molecule has 1 aromatic carbocycles. The molecule has 0 aliphatic rings. The molecule has 0 bridgehead atoms. The highest BCUT2D eigenvalue weighted by Crippen LogP contribution is 2.18. The van der Waals surface area contributed by atoms with Crippen molar-refractivity contribution in [1.29, 1.82) is 0 Å². The van der Waals surface area contributed by atoms with Gasteiger partial charge in [0, 0.05) is 17.9 Å². The third kappa shape index (κ3) is 3.15. The molecular formula is C12H18N2O2. The Hall–Kier alpha value is -1.71. The van der Waals surface area contributed by atoms with E-state index in [2.05, 4.69) is 19.2 Å². The van der Waals surface area contributed by atoms with Gasteiger partial charge in [-0.2, -0.15) is 0 Å². The van der Waals surface area contributed by atoms with Gasteiger partial charge in [0.15, 0.2) is 0 Å². The van der Waals surface area contributed by atoms with Crippen molar-refractivity contribution in [1.82, 2.24) is 0 Å². The van der Waals surface area contributed by atoms with Gasteiger partial charge in [-0.05, 0) is 24.1 Å². The van der Waals surface area contributed by atoms with Crippen molar-refractivity contribution in [3.63, 3.8) is 0 Å². The Labute approximate surface area is 95.5 Å². The molecule has 4 heteroatoms. The first-order valence-corrected chi connectivity index (χ1v) is 5.41. The molecule has 4 N–H and O–H groups in total. The molecule has 0 heterocycles. The summed E-state index contributed by atoms with van der Waals surface area (Å²) in [6.07, 6.45) is 1.09. The Bertz CT molecular complexity index is 377. The molecule has 0 radical (unpaired) electrons. The van der Waals surface area contributed by atoms with Crippen LogP contribution >= 0.6 is 0 Å². The van der Waals surface area contributed by atoms with E-state index in [9.17, 15) is 4.79 Å². The van der Waals surface area contributed by atoms with E-state index in [1.165, 1.54) is 0 Å². The SMILES string of the molecule is CCC(C)CNc1ccc(N)c(C(=O)O)c1. The summed E-state index contributed by atoms with van der Waals surface area (Å²) < 4.78 is 0. The summed E-state index contributed by atoms with van der Waals surface area (Å²) in [6, 6.07) is 4.98. The summed E-state index contributed by atoms with van der Waals surface area (Å²) in [5.74, 6) is -0.435. The van der Waals surface area contributed by atoms with Crippen molar-refractivity contribution < 1.29 is 9.90 Å². The maximum absolute atomic E-state index is 10.9. The van der Waals surface area contributed by atoms with Gasteiger partial charge in [0.05, 0.1) is 5.56 Å². The first-order valence-electron chi connectivity index (χ1n) is 5.41. The fourth-order valence-electron chi connectivity index (χ4n) is 1.29. The average Bonchev–Trinajstić information content (AvgIpc) is 2.27. The van der Waals surface area contributed by atoms with Gasteiger partial charge in [0.1, 0.15) is 0 Å². The minimum absolute atomic E-state index is 0.147. The Morgan fingerprint density at radius 1 is 1.56 bits per heavy atom. The molecule has 1 atom stereocenters. The van der Waals surface area contributed by atoms with E-state index in [1.54, 1.807) is 18.2 Å². The molecule has 16 heavy (non-hydrogen) atoms. The number of aromatic carboxylic acids is 1. The quantitative estimate of drug-likeness (QED) is 0.669. The third-order valence-corrected chi connectivity index (χ3v) is 2.64. The van der Waals surface area contributed by atoms with Crippen LogP contribution in [0, 0.1) is 5.92 Å². The summed E-state index contributed by atoms with van der Waals surface area (Å²) in [7, 11) is 0. The number of hydrogen-bond acceptors (Lipinski definition) is 3. The van der Waals surface area contributed by atoms with Crippen molar-refractivity contribution in [2.75, 3.05) is 17.6 Å². The molecule has 0 fully saturated rings. The van der Waals surface area contributed by atoms with E-state index < -0.39 is 5.97 Å². The van der Waals surface area contributed by atoms with Crippen molar-refractivity contribution in [2.24, 2.45) is 5.92 Å². The molecule has 1 rings (SSSR count). The Balaban J connectivity index is 2.75. The predicted octanol–water partition coefficient (Wildman–Crippen LogP) is 2.42. The van der Waals surface area contributed by atoms with Gasteiger partial charge in [-0.1, -0.05) is 20.3 Å². The van der Waals surface area contributed by atoms with Gasteiger partial charge >= 0.3 is 5.97 Å². The number of carboxylic acids is 1. The van der Waals surface area contributed by atoms with Crippen LogP contribution in [0.1, 0.15) is 30.6 Å². The Kier molecular flexibility index (Phi) is 4.17. The van der Waals surface area contributed by atoms with Gasteiger partial charge in [-0.25, -0.2) is 4.79 Å². The van der Waals surface area contributed by atoms with E-state index in [-0.39, 0.29) is 5.56 Å². The minimum atomic E-state index is -0.996. The molecule has 0 aliphatic heterocycles. The van der Waals surface area contributed by atoms with Crippen LogP contribution < -0.4 is 11.1 Å². The van der Waals surface area contributed by atoms with Gasteiger partial charge in [0.25, 0.3) is 0 Å². The average molecular weight is 222 g/mol. The van der Waals surface area contributed by atoms with Crippen LogP contribution in [-0.4, -0.2) is 17.6 Å². The fraction of sp³-hybridized carbons (Fsp3) is 0.417. The number of carbonyl (C=O) groups is 1. The summed E-state index contributed by atoms with van der Waals surface area (Å²) in [6.45, 7) is 5.10. The van der Waals surface area contributed by atoms with Crippen molar-refractivity contribution in [3.05, 3.63) is 23.8 Å². The second kappa shape index (κ2) is 5.39. The lowest BCUT2D eigenvalue weighted by Crippen LogP contribution is -2.11. The first kappa shape index (κ1) is 12.4. The zero-order valence-corrected chi connectivity index (χ0v) is 9.66. The van der Waals surface area contributed by atoms with Crippen molar-refractivity contribution in [2.45, 2.75) is 20.3 Å². The number of anilines is 2. The predicted molar refractivity (Wildman–Crippen MR) is 65.8 cm³/mol. The second-order valence-electron chi connectivity index (χ2n) is 4.00. The first-order chi connectivity index (χ1) is 7.54. The molecule has 88 valence electrons. The van der Waals surface area contributed by atoms with Gasteiger partial charge in [-0.15, -0.1) is 0 Å². The van der Waals surface area contributed by atoms with Crippen LogP contribution in [-0.2, 0) is 0 Å². The molecule has 0 spiro atoms. The van der Waals surface area contributed by atoms with E-state index in [4.69, 9.17) is 10.8 Å². The van der Waals surface area contributed by atoms with Crippen LogP contribution in [0.4, 0.5) is 11.4 Å². The maximum atomic E-state index is 10.9. The number of rotatable bonds is 5. The second-order valence-corrected chi connectivity index (χ2v) is 4.00. The molecule has 0 saturated heterocycles. The number of benzene rings is 1. The van der Waals surface area contributed by atoms with E-state index in [0.717, 1.165) is 18.7 Å². The van der Waals surface area contributed by atoms with Gasteiger partial charge in [0.2, 0.25) is 0 Å². The van der Waals surface area contributed by atoms with Crippen LogP contribution in [0.3, 0.4) is 0 Å². The zero-order chi connectivity index (χ0) is 12.1. The molecule has 0 aliphatic carbocycles. The lowest BCUT2D eigenvalue weighted by atomic mass is 10.1. The summed E-state index contributed by atoms with van der Waals surface area (Å²) in [4.78, 5) is 10.9. The smallest absolute Gasteiger partial charge is 0.337 e. The highest BCUT2D eigenvalue weighted by Gasteiger charge is 2.08. The van der Waals surface area contributed by atoms with Gasteiger partial charge in [-0.3, -0.25) is 0 Å². The summed E-state index contributed by atoms with van der Waals surface area (Å²) in [5, 5.41) is 12.1. The van der Waals surface area contributed by atoms with E-state index >= 15 is 0 Å². The Morgan fingerprint density at radius 2 is 2.25 bits per heavy atom. The van der Waals surface area contributed by atoms with E-state index in [1.807, 2.05) is 0 Å². The molecule has 0 amide bonds. The molecule has 1 aromatic rings. The number of nitrogens with two attached hydrogens (primary N) is 1. The topological polar surface area (TPSA) is 75.3 Å². The number of carboxylic acid groups (broad SMARTS) is 1. The van der Waals surface area contributed by atoms with Crippen LogP contribution in [0.5, 0.6) is 0 Å². The van der Waals surface area contributed by atoms with Crippen molar-refractivity contribution >= 4 is 17.3 Å². The lowest BCUT2D eigenvalue weighted by Gasteiger charge is -2.12. The molecular weight excluding hydrogens is 204 g/mol. The summed E-state index contributed by atoms with van der Waals surface area (Å²) in [5.41, 5.74) is 6.80. The molecule has 0 saturated carbocycles. The monoisotopic (exact) mass is 222 g/mol. The maximum Gasteiger partial charge on any atom is 0.337 e. The van der Waals surface area contributed by atoms with Gasteiger partial charge < -0.3 is 16.2 Å². The van der Waals surface area contributed by atoms with Crippen molar-refractivity contribution in [3.8, 4) is 0 Å². The number of hydrogen-bond donors (Lipinski definition) is 3. The highest BCUT2D eigenvalue weighted by atomic mass is 16.4. The van der Waals surface area contributed by atoms with E-state index in [0.29, 0.717) is 11.6 Å². The van der Waals surface area contributed by atoms with Crippen LogP contribution in [0.15, 0.2) is 18.2 Å². The number of nitrogen functional groups attached to an aromatic ring is 1. The highest BCUT2D eigenvalue weighted by molar-refractivity contribution is 5.94. The normalized spacial score (nSPS) is 12.1. The fourth-order valence-corrected chi connectivity index (χ4v) is 1.29. The standard InChI is InChI=1S/C12H18N2O2/c1-3-8(2)7-14-9-4-5-11(13)10(6-9)12(15)16/h4-6,8,14H,3,7,13H2,1-2H3,(H,15,16). The minimum Gasteiger partial charge on any atom is -0.478 e. The lowest BCUT2D eigenvalue weighted by molar-refractivity contribution is 0.0698. The molecule has 0 aromatic heterocycles. The summed E-state index contributed by atoms with van der Waals surface area (Å²) >= 11 is 0. The Morgan fingerprint density at radius 3 is 2.81 bits per heavy atom. The molecule has 4 nitrogen and oxygen atoms in total. The van der Waals surface area contributed by atoms with Crippen LogP contribution in [0.2, 0.25) is 0 Å².